The van der Waals surface area contributed by atoms with Crippen LogP contribution in [0.4, 0.5) is 0 Å². The van der Waals surface area contributed by atoms with Gasteiger partial charge in [0.1, 0.15) is 18.1 Å². The average molecular weight is 477 g/mol. The second-order valence-corrected chi connectivity index (χ2v) is 7.67. The number of aliphatic carboxylic acids is 1. The highest BCUT2D eigenvalue weighted by Gasteiger charge is 2.30. The molecule has 12 N–H and O–H groups in total. The summed E-state index contributed by atoms with van der Waals surface area (Å²) >= 11 is 1.39. The Kier molecular flexibility index (Phi) is 14.2. The molecule has 0 heterocycles. The van der Waals surface area contributed by atoms with Crippen LogP contribution in [0.2, 0.25) is 0 Å². The molecule has 0 aliphatic heterocycles. The number of nitrogens with two attached hydrogens (primary N) is 4. The molecule has 0 saturated heterocycles. The topological polar surface area (TPSA) is 258 Å². The van der Waals surface area contributed by atoms with Crippen molar-refractivity contribution < 1.29 is 29.1 Å². The molecule has 0 aliphatic rings. The summed E-state index contributed by atoms with van der Waals surface area (Å²) in [7, 11) is 0. The van der Waals surface area contributed by atoms with Crippen molar-refractivity contribution in [2.75, 3.05) is 25.1 Å². The Labute approximate surface area is 189 Å². The summed E-state index contributed by atoms with van der Waals surface area (Å²) in [6.45, 7) is -0.190. The molecule has 0 aromatic rings. The van der Waals surface area contributed by atoms with Gasteiger partial charge in [-0.3, -0.25) is 24.2 Å². The zero-order valence-corrected chi connectivity index (χ0v) is 18.7. The van der Waals surface area contributed by atoms with Gasteiger partial charge in [0.2, 0.25) is 23.6 Å². The molecule has 0 fully saturated rings. The minimum Gasteiger partial charge on any atom is -0.480 e. The maximum absolute atomic E-state index is 12.7. The number of aliphatic imine (C=N–C) groups is 1. The number of thioether (sulfide) groups is 1. The lowest BCUT2D eigenvalue weighted by Gasteiger charge is -2.24. The summed E-state index contributed by atoms with van der Waals surface area (Å²) < 4.78 is 0. The predicted molar refractivity (Wildman–Crippen MR) is 119 cm³/mol. The van der Waals surface area contributed by atoms with Crippen LogP contribution in [-0.2, 0) is 24.0 Å². The van der Waals surface area contributed by atoms with Gasteiger partial charge in [-0.25, -0.2) is 4.79 Å². The second-order valence-electron chi connectivity index (χ2n) is 6.69. The van der Waals surface area contributed by atoms with Crippen LogP contribution < -0.4 is 38.9 Å². The maximum atomic E-state index is 12.7. The van der Waals surface area contributed by atoms with E-state index in [1.807, 2.05) is 0 Å². The number of rotatable bonds is 16. The Morgan fingerprint density at radius 3 is 2.03 bits per heavy atom. The fourth-order valence-corrected chi connectivity index (χ4v) is 2.95. The van der Waals surface area contributed by atoms with Gasteiger partial charge in [0.25, 0.3) is 0 Å². The first-order valence-electron chi connectivity index (χ1n) is 9.67. The van der Waals surface area contributed by atoms with Crippen molar-refractivity contribution in [2.24, 2.45) is 27.9 Å². The Morgan fingerprint density at radius 2 is 1.53 bits per heavy atom. The highest BCUT2D eigenvalue weighted by Crippen LogP contribution is 2.04. The number of amides is 4. The van der Waals surface area contributed by atoms with Crippen LogP contribution in [0.15, 0.2) is 4.99 Å². The van der Waals surface area contributed by atoms with Crippen LogP contribution in [0.5, 0.6) is 0 Å². The number of hydrogen-bond donors (Lipinski definition) is 8. The first kappa shape index (κ1) is 28.9. The molecule has 3 unspecified atom stereocenters. The predicted octanol–water partition coefficient (Wildman–Crippen LogP) is -3.83. The van der Waals surface area contributed by atoms with E-state index in [1.165, 1.54) is 11.8 Å². The van der Waals surface area contributed by atoms with E-state index in [0.717, 1.165) is 0 Å². The number of nitrogens with zero attached hydrogens (tertiary/aromatic N) is 1. The molecular formula is C17H32N8O6S. The lowest BCUT2D eigenvalue weighted by Crippen LogP contribution is -2.57. The first-order valence-corrected chi connectivity index (χ1v) is 11.1. The molecule has 0 radical (unpaired) electrons. The van der Waals surface area contributed by atoms with E-state index in [-0.39, 0.29) is 31.9 Å². The smallest absolute Gasteiger partial charge is 0.326 e. The molecular weight excluding hydrogens is 444 g/mol. The van der Waals surface area contributed by atoms with E-state index < -0.39 is 54.1 Å². The summed E-state index contributed by atoms with van der Waals surface area (Å²) in [4.78, 5) is 63.5. The van der Waals surface area contributed by atoms with Crippen molar-refractivity contribution in [1.82, 2.24) is 16.0 Å². The molecule has 4 amide bonds. The van der Waals surface area contributed by atoms with Gasteiger partial charge < -0.3 is 44.0 Å². The van der Waals surface area contributed by atoms with Gasteiger partial charge >= 0.3 is 5.97 Å². The molecule has 15 heteroatoms. The van der Waals surface area contributed by atoms with E-state index in [0.29, 0.717) is 12.2 Å². The number of carboxylic acids is 1. The standard InChI is InChI=1S/C17H32N8O6S/c1-32-6-4-10(16(30)31)24-15(29)11(7-12(19)26)25-14(28)9(23-13(27)8-18)3-2-5-22-17(20)21/h9-11H,2-8,18H2,1H3,(H2,19,26)(H,23,27)(H,24,29)(H,25,28)(H,30,31)(H4,20,21,22). The van der Waals surface area contributed by atoms with Crippen LogP contribution in [-0.4, -0.2) is 83.9 Å². The van der Waals surface area contributed by atoms with Crippen LogP contribution in [0.3, 0.4) is 0 Å². The van der Waals surface area contributed by atoms with Crippen LogP contribution in [0, 0.1) is 0 Å². The molecule has 32 heavy (non-hydrogen) atoms. The van der Waals surface area contributed by atoms with Crippen molar-refractivity contribution in [1.29, 1.82) is 0 Å². The zero-order chi connectivity index (χ0) is 24.7. The highest BCUT2D eigenvalue weighted by atomic mass is 32.2. The molecule has 0 aliphatic carbocycles. The molecule has 182 valence electrons. The van der Waals surface area contributed by atoms with Crippen molar-refractivity contribution in [3.05, 3.63) is 0 Å². The zero-order valence-electron chi connectivity index (χ0n) is 17.8. The molecule has 0 spiro atoms. The highest BCUT2D eigenvalue weighted by molar-refractivity contribution is 7.98. The number of guanidine groups is 1. The fourth-order valence-electron chi connectivity index (χ4n) is 2.47. The van der Waals surface area contributed by atoms with Crippen LogP contribution in [0.1, 0.15) is 25.7 Å². The average Bonchev–Trinajstić information content (AvgIpc) is 2.71. The van der Waals surface area contributed by atoms with Crippen molar-refractivity contribution >= 4 is 47.3 Å². The van der Waals surface area contributed by atoms with Gasteiger partial charge in [-0.15, -0.1) is 0 Å². The van der Waals surface area contributed by atoms with Gasteiger partial charge in [0, 0.05) is 6.54 Å². The minimum atomic E-state index is -1.44. The quantitative estimate of drug-likeness (QED) is 0.0611. The maximum Gasteiger partial charge on any atom is 0.326 e. The van der Waals surface area contributed by atoms with Crippen molar-refractivity contribution in [2.45, 2.75) is 43.8 Å². The van der Waals surface area contributed by atoms with Gasteiger partial charge in [-0.2, -0.15) is 11.8 Å². The molecule has 14 nitrogen and oxygen atoms in total. The third kappa shape index (κ3) is 12.6. The third-order valence-corrected chi connectivity index (χ3v) is 4.69. The molecule has 3 atom stereocenters. The summed E-state index contributed by atoms with van der Waals surface area (Å²) in [5.41, 5.74) is 20.9. The van der Waals surface area contributed by atoms with E-state index >= 15 is 0 Å². The van der Waals surface area contributed by atoms with Crippen molar-refractivity contribution in [3.63, 3.8) is 0 Å². The Bertz CT molecular complexity index is 701. The Balaban J connectivity index is 5.36. The van der Waals surface area contributed by atoms with E-state index in [1.54, 1.807) is 6.26 Å². The van der Waals surface area contributed by atoms with Crippen LogP contribution in [0.25, 0.3) is 0 Å². The Hall–Kier alpha value is -3.07. The fraction of sp³-hybridized carbons (Fsp3) is 0.647. The summed E-state index contributed by atoms with van der Waals surface area (Å²) in [5.74, 6) is -4.12. The molecule has 0 aromatic heterocycles. The number of primary amides is 1. The lowest BCUT2D eigenvalue weighted by molar-refractivity contribution is -0.142. The number of carboxylic acid groups (broad SMARTS) is 1. The van der Waals surface area contributed by atoms with Gasteiger partial charge in [-0.1, -0.05) is 0 Å². The van der Waals surface area contributed by atoms with Gasteiger partial charge in [0.15, 0.2) is 5.96 Å². The number of carbonyl (C=O) groups excluding carboxylic acids is 4. The molecule has 0 aromatic carbocycles. The third-order valence-electron chi connectivity index (χ3n) is 4.05. The van der Waals surface area contributed by atoms with Gasteiger partial charge in [-0.05, 0) is 31.3 Å². The normalized spacial score (nSPS) is 13.2. The SMILES string of the molecule is CSCCC(NC(=O)C(CC(N)=O)NC(=O)C(CCCN=C(N)N)NC(=O)CN)C(=O)O. The van der Waals surface area contributed by atoms with Crippen molar-refractivity contribution in [3.8, 4) is 0 Å². The Morgan fingerprint density at radius 1 is 0.938 bits per heavy atom. The monoisotopic (exact) mass is 476 g/mol. The number of hydrogen-bond acceptors (Lipinski definition) is 8. The summed E-state index contributed by atoms with van der Waals surface area (Å²) in [6.07, 6.45) is 1.76. The van der Waals surface area contributed by atoms with Crippen LogP contribution >= 0.6 is 11.8 Å². The molecule has 0 bridgehead atoms. The molecule has 0 saturated carbocycles. The van der Waals surface area contributed by atoms with E-state index in [9.17, 15) is 29.1 Å². The largest absolute Gasteiger partial charge is 0.480 e. The number of carbonyl (C=O) groups is 5. The lowest BCUT2D eigenvalue weighted by atomic mass is 10.1. The van der Waals surface area contributed by atoms with E-state index in [2.05, 4.69) is 20.9 Å². The van der Waals surface area contributed by atoms with Gasteiger partial charge in [0.05, 0.1) is 13.0 Å². The summed E-state index contributed by atoms with van der Waals surface area (Å²) in [5, 5.41) is 16.3. The molecule has 0 rings (SSSR count). The minimum absolute atomic E-state index is 0.102. The summed E-state index contributed by atoms with van der Waals surface area (Å²) in [6, 6.07) is -3.75. The number of nitrogens with one attached hydrogen (secondary N) is 3. The second kappa shape index (κ2) is 15.7. The first-order chi connectivity index (χ1) is 15.0. The van der Waals surface area contributed by atoms with E-state index in [4.69, 9.17) is 22.9 Å².